The van der Waals surface area contributed by atoms with Crippen LogP contribution in [0.1, 0.15) is 36.6 Å². The smallest absolute Gasteiger partial charge is 0.291 e. The summed E-state index contributed by atoms with van der Waals surface area (Å²) in [6.07, 6.45) is 5.07. The summed E-state index contributed by atoms with van der Waals surface area (Å²) < 4.78 is 5.84. The Balaban J connectivity index is 0.000000828. The number of nitrogens with zero attached hydrogens (tertiary/aromatic N) is 3. The largest absolute Gasteiger partial charge is 0.491 e. The maximum absolute atomic E-state index is 8.36. The van der Waals surface area contributed by atoms with Gasteiger partial charge >= 0.3 is 0 Å². The number of hydrogen-bond acceptors (Lipinski definition) is 6. The third-order valence-corrected chi connectivity index (χ3v) is 4.13. The quantitative estimate of drug-likeness (QED) is 0.390. The van der Waals surface area contributed by atoms with Crippen molar-refractivity contribution in [1.82, 2.24) is 9.97 Å². The number of aromatic nitrogens is 2. The van der Waals surface area contributed by atoms with Crippen LogP contribution in [0.15, 0.2) is 24.5 Å². The van der Waals surface area contributed by atoms with Crippen molar-refractivity contribution in [3.8, 4) is 5.75 Å². The average molecular weight is 397 g/mol. The van der Waals surface area contributed by atoms with Crippen LogP contribution < -0.4 is 10.1 Å². The Morgan fingerprint density at radius 2 is 2.04 bits per heavy atom. The second kappa shape index (κ2) is 11.9. The van der Waals surface area contributed by atoms with E-state index >= 15 is 0 Å². The van der Waals surface area contributed by atoms with Gasteiger partial charge in [-0.1, -0.05) is 37.1 Å². The molecule has 0 radical (unpaired) electrons. The molecule has 0 saturated heterocycles. The second-order valence-electron chi connectivity index (χ2n) is 5.84. The Bertz CT molecular complexity index is 739. The van der Waals surface area contributed by atoms with Gasteiger partial charge in [0, 0.05) is 0 Å². The molecular weight excluding hydrogens is 372 g/mol. The molecule has 0 aliphatic carbocycles. The molecule has 9 heteroatoms. The summed E-state index contributed by atoms with van der Waals surface area (Å²) in [6, 6.07) is 6.42. The van der Waals surface area contributed by atoms with Crippen molar-refractivity contribution in [1.29, 1.82) is 0 Å². The van der Waals surface area contributed by atoms with E-state index in [1.54, 1.807) is 0 Å². The first kappa shape index (κ1) is 22.4. The van der Waals surface area contributed by atoms with Crippen molar-refractivity contribution in [2.45, 2.75) is 40.0 Å². The van der Waals surface area contributed by atoms with E-state index in [0.29, 0.717) is 24.0 Å². The lowest BCUT2D eigenvalue weighted by Gasteiger charge is -2.12. The van der Waals surface area contributed by atoms with Gasteiger partial charge in [0.05, 0.1) is 12.2 Å². The first-order chi connectivity index (χ1) is 12.8. The molecule has 1 heterocycles. The van der Waals surface area contributed by atoms with E-state index in [2.05, 4.69) is 47.3 Å². The molecule has 8 nitrogen and oxygen atoms in total. The molecule has 2 rings (SSSR count). The van der Waals surface area contributed by atoms with Gasteiger partial charge < -0.3 is 15.3 Å². The molecule has 0 amide bonds. The van der Waals surface area contributed by atoms with Gasteiger partial charge in [0.1, 0.15) is 29.5 Å². The zero-order chi connectivity index (χ0) is 20.2. The average Bonchev–Trinajstić information content (AvgIpc) is 2.61. The van der Waals surface area contributed by atoms with Gasteiger partial charge in [0.15, 0.2) is 0 Å². The number of aryl methyl sites for hydroxylation is 3. The molecule has 0 bridgehead atoms. The molecule has 1 aromatic carbocycles. The van der Waals surface area contributed by atoms with E-state index in [9.17, 15) is 0 Å². The summed E-state index contributed by atoms with van der Waals surface area (Å²) >= 11 is 6.15. The normalized spacial score (nSPS) is 9.93. The van der Waals surface area contributed by atoms with E-state index in [0.717, 1.165) is 17.9 Å². The van der Waals surface area contributed by atoms with Crippen molar-refractivity contribution in [2.24, 2.45) is 0 Å². The maximum Gasteiger partial charge on any atom is 0.291 e. The first-order valence-electron chi connectivity index (χ1n) is 8.61. The topological polar surface area (TPSA) is 110 Å². The fourth-order valence-corrected chi connectivity index (χ4v) is 2.49. The van der Waals surface area contributed by atoms with Gasteiger partial charge in [-0.25, -0.2) is 9.97 Å². The summed E-state index contributed by atoms with van der Waals surface area (Å²) in [7, 11) is 0. The number of unbranched alkanes of at least 4 members (excludes halogenated alkanes) is 1. The Hall–Kier alpha value is -2.61. The van der Waals surface area contributed by atoms with Crippen LogP contribution in [0.3, 0.4) is 0 Å². The number of halogens is 1. The van der Waals surface area contributed by atoms with Gasteiger partial charge in [-0.2, -0.15) is 0 Å². The summed E-state index contributed by atoms with van der Waals surface area (Å²) in [6.45, 7) is 7.34. The highest BCUT2D eigenvalue weighted by molar-refractivity contribution is 6.33. The SMILES string of the molecule is CCCCc1ccc(OCCNc2ncnc(C)c2Cl)c(C)c1.O=[N+]([O-])O. The zero-order valence-corrected chi connectivity index (χ0v) is 16.5. The molecule has 0 atom stereocenters. The number of hydrogen-bond donors (Lipinski definition) is 2. The van der Waals surface area contributed by atoms with E-state index in [-0.39, 0.29) is 0 Å². The number of nitrogens with one attached hydrogen (secondary N) is 1. The van der Waals surface area contributed by atoms with Crippen molar-refractivity contribution in [3.05, 3.63) is 56.5 Å². The summed E-state index contributed by atoms with van der Waals surface area (Å²) in [5.74, 6) is 1.58. The summed E-state index contributed by atoms with van der Waals surface area (Å²) in [5, 5.41) is 17.4. The van der Waals surface area contributed by atoms with Crippen molar-refractivity contribution >= 4 is 17.4 Å². The standard InChI is InChI=1S/C18H24ClN3O.HNO3/c1-4-5-6-15-7-8-16(13(2)11-15)23-10-9-20-18-17(19)14(3)21-12-22-18;2-1(3)4/h7-8,11-12H,4-6,9-10H2,1-3H3,(H,20,21,22);(H,2,3,4). The second-order valence-corrected chi connectivity index (χ2v) is 6.22. The first-order valence-corrected chi connectivity index (χ1v) is 8.99. The number of rotatable bonds is 8. The van der Waals surface area contributed by atoms with E-state index in [4.69, 9.17) is 31.7 Å². The lowest BCUT2D eigenvalue weighted by atomic mass is 10.1. The fourth-order valence-electron chi connectivity index (χ4n) is 2.32. The van der Waals surface area contributed by atoms with Crippen LogP contribution in [0.25, 0.3) is 0 Å². The highest BCUT2D eigenvalue weighted by Gasteiger charge is 2.05. The van der Waals surface area contributed by atoms with Crippen LogP contribution >= 0.6 is 11.6 Å². The molecular formula is C18H25ClN4O4. The highest BCUT2D eigenvalue weighted by atomic mass is 35.5. The Labute approximate surface area is 163 Å². The lowest BCUT2D eigenvalue weighted by molar-refractivity contribution is -0.742. The molecule has 27 heavy (non-hydrogen) atoms. The zero-order valence-electron chi connectivity index (χ0n) is 15.7. The fraction of sp³-hybridized carbons (Fsp3) is 0.444. The summed E-state index contributed by atoms with van der Waals surface area (Å²) in [5.41, 5.74) is 3.32. The molecule has 2 N–H and O–H groups in total. The Morgan fingerprint density at radius 1 is 1.33 bits per heavy atom. The molecule has 0 aliphatic heterocycles. The third kappa shape index (κ3) is 8.54. The van der Waals surface area contributed by atoms with Crippen LogP contribution in [-0.2, 0) is 6.42 Å². The van der Waals surface area contributed by atoms with E-state index in [1.165, 1.54) is 30.3 Å². The third-order valence-electron chi connectivity index (χ3n) is 3.67. The molecule has 0 unspecified atom stereocenters. The molecule has 0 fully saturated rings. The van der Waals surface area contributed by atoms with Crippen LogP contribution in [-0.4, -0.2) is 33.4 Å². The molecule has 0 spiro atoms. The molecule has 2 aromatic rings. The van der Waals surface area contributed by atoms with Gasteiger partial charge in [0.2, 0.25) is 0 Å². The van der Waals surface area contributed by atoms with Crippen molar-refractivity contribution in [3.63, 3.8) is 0 Å². The highest BCUT2D eigenvalue weighted by Crippen LogP contribution is 2.22. The minimum atomic E-state index is -1.50. The van der Waals surface area contributed by atoms with Gasteiger partial charge in [0.25, 0.3) is 5.09 Å². The Morgan fingerprint density at radius 3 is 2.67 bits per heavy atom. The monoisotopic (exact) mass is 396 g/mol. The van der Waals surface area contributed by atoms with Crippen molar-refractivity contribution < 1.29 is 15.0 Å². The summed E-state index contributed by atoms with van der Waals surface area (Å²) in [4.78, 5) is 16.5. The van der Waals surface area contributed by atoms with Crippen LogP contribution in [0.4, 0.5) is 5.82 Å². The van der Waals surface area contributed by atoms with Gasteiger partial charge in [-0.15, -0.1) is 10.1 Å². The van der Waals surface area contributed by atoms with Gasteiger partial charge in [-0.3, -0.25) is 0 Å². The predicted molar refractivity (Wildman–Crippen MR) is 104 cm³/mol. The van der Waals surface area contributed by atoms with Crippen LogP contribution in [0.5, 0.6) is 5.75 Å². The Kier molecular flexibility index (Phi) is 9.89. The molecule has 1 aromatic heterocycles. The van der Waals surface area contributed by atoms with E-state index < -0.39 is 5.09 Å². The van der Waals surface area contributed by atoms with Gasteiger partial charge in [-0.05, 0) is 43.9 Å². The molecule has 148 valence electrons. The molecule has 0 aliphatic rings. The van der Waals surface area contributed by atoms with Crippen LogP contribution in [0.2, 0.25) is 5.02 Å². The number of ether oxygens (including phenoxy) is 1. The van der Waals surface area contributed by atoms with Crippen LogP contribution in [0, 0.1) is 24.0 Å². The number of anilines is 1. The maximum atomic E-state index is 8.36. The molecule has 0 saturated carbocycles. The minimum absolute atomic E-state index is 0.550. The lowest BCUT2D eigenvalue weighted by Crippen LogP contribution is -2.13. The number of benzene rings is 1. The predicted octanol–water partition coefficient (Wildman–Crippen LogP) is 4.23. The van der Waals surface area contributed by atoms with E-state index in [1.807, 2.05) is 6.92 Å². The van der Waals surface area contributed by atoms with Crippen molar-refractivity contribution in [2.75, 3.05) is 18.5 Å². The minimum Gasteiger partial charge on any atom is -0.491 e.